The molecule has 0 atom stereocenters. The summed E-state index contributed by atoms with van der Waals surface area (Å²) in [6.45, 7) is 12.4. The molecule has 0 fully saturated rings. The minimum absolute atomic E-state index is 0. The summed E-state index contributed by atoms with van der Waals surface area (Å²) in [6, 6.07) is 25.3. The van der Waals surface area contributed by atoms with Crippen LogP contribution in [0, 0.1) is 26.3 Å². The Bertz CT molecular complexity index is 2710. The molecule has 4 aromatic carbocycles. The molecule has 0 bridgehead atoms. The molecule has 0 aliphatic carbocycles. The second-order valence-electron chi connectivity index (χ2n) is 14.9. The van der Waals surface area contributed by atoms with E-state index in [1.54, 1.807) is 60.4 Å². The Morgan fingerprint density at radius 3 is 1.98 bits per heavy atom. The van der Waals surface area contributed by atoms with Gasteiger partial charge in [0.15, 0.2) is 0 Å². The zero-order chi connectivity index (χ0) is 46.3. The largest absolute Gasteiger partial charge is 4.00 e. The Balaban J connectivity index is 0.000000343. The van der Waals surface area contributed by atoms with Crippen LogP contribution in [0.5, 0.6) is 0 Å². The zero-order valence-corrected chi connectivity index (χ0v) is 36.8. The summed E-state index contributed by atoms with van der Waals surface area (Å²) in [5.41, 5.74) is 7.92. The summed E-state index contributed by atoms with van der Waals surface area (Å²) in [5.74, 6) is 1.41. The van der Waals surface area contributed by atoms with Crippen LogP contribution in [0.2, 0.25) is 0 Å². The van der Waals surface area contributed by atoms with Crippen molar-refractivity contribution in [1.82, 2.24) is 19.9 Å². The van der Waals surface area contributed by atoms with E-state index >= 15 is 0 Å². The molecule has 59 heavy (non-hydrogen) atoms. The number of hydrogen-bond donors (Lipinski definition) is 1. The second-order valence-corrected chi connectivity index (χ2v) is 16.8. The van der Waals surface area contributed by atoms with Gasteiger partial charge in [-0.25, -0.2) is 23.4 Å². The smallest absolute Gasteiger partial charge is 0.656 e. The number of aryl methyl sites for hydroxylation is 1. The SMILES string of the molecule is O=S1(=O)c2ccccc2[N-]c2ccccc21.[2H]C([2H])([2H])N([CH-]Nc1[c-]c(N2[CH-]N(C([2H])([2H])[2H])c3nccnc32)cc(-c2c(C(C)C)cc(C(C)C)cc2C(C)C)c1)c1nccnc1C.[Pt+4]. The monoisotopic (exact) mass is 992 g/mol. The van der Waals surface area contributed by atoms with E-state index < -0.39 is 23.8 Å². The van der Waals surface area contributed by atoms with Crippen LogP contribution in [0.3, 0.4) is 0 Å². The van der Waals surface area contributed by atoms with E-state index in [9.17, 15) is 8.42 Å². The van der Waals surface area contributed by atoms with Crippen LogP contribution < -0.4 is 20.0 Å². The molecule has 2 aromatic heterocycles. The fourth-order valence-corrected chi connectivity index (χ4v) is 8.42. The minimum atomic E-state index is -3.40. The van der Waals surface area contributed by atoms with Crippen molar-refractivity contribution in [1.29, 1.82) is 0 Å². The van der Waals surface area contributed by atoms with E-state index in [2.05, 4.69) is 90.3 Å². The molecule has 0 amide bonds. The molecule has 2 aliphatic heterocycles. The predicted molar refractivity (Wildman–Crippen MR) is 234 cm³/mol. The number of sulfone groups is 1. The summed E-state index contributed by atoms with van der Waals surface area (Å²) in [5, 5.41) is 7.49. The average Bonchev–Trinajstić information content (AvgIpc) is 3.64. The normalized spacial score (nSPS) is 15.4. The quantitative estimate of drug-likeness (QED) is 0.140. The molecular formula is C46H49N9O2PtS. The van der Waals surface area contributed by atoms with Crippen molar-refractivity contribution in [3.8, 4) is 11.1 Å². The van der Waals surface area contributed by atoms with E-state index in [1.165, 1.54) is 54.8 Å². The number of nitrogens with one attached hydrogen (secondary N) is 1. The van der Waals surface area contributed by atoms with Crippen LogP contribution in [-0.2, 0) is 30.9 Å². The van der Waals surface area contributed by atoms with Crippen LogP contribution >= 0.6 is 0 Å². The summed E-state index contributed by atoms with van der Waals surface area (Å²) in [7, 11) is -3.40. The molecule has 13 heteroatoms. The van der Waals surface area contributed by atoms with Crippen molar-refractivity contribution in [2.75, 3.05) is 34.0 Å². The molecular weight excluding hydrogens is 938 g/mol. The van der Waals surface area contributed by atoms with Crippen molar-refractivity contribution < 1.29 is 37.7 Å². The molecule has 0 radical (unpaired) electrons. The third kappa shape index (κ3) is 8.84. The maximum absolute atomic E-state index is 12.2. The number of para-hydroxylation sites is 2. The van der Waals surface area contributed by atoms with Gasteiger partial charge in [-0.15, -0.1) is 53.2 Å². The fourth-order valence-electron chi connectivity index (χ4n) is 6.89. The molecule has 0 unspecified atom stereocenters. The zero-order valence-electron chi connectivity index (χ0n) is 39.7. The van der Waals surface area contributed by atoms with Gasteiger partial charge in [0, 0.05) is 33.0 Å². The molecule has 0 saturated carbocycles. The number of benzene rings is 4. The molecule has 8 rings (SSSR count). The fraction of sp³-hybridized carbons (Fsp3) is 0.261. The Hall–Kier alpha value is -5.32. The summed E-state index contributed by atoms with van der Waals surface area (Å²) in [4.78, 5) is 21.7. The van der Waals surface area contributed by atoms with Crippen LogP contribution in [0.25, 0.3) is 16.4 Å². The molecule has 11 nitrogen and oxygen atoms in total. The second kappa shape index (κ2) is 17.9. The Morgan fingerprint density at radius 2 is 1.41 bits per heavy atom. The molecule has 4 heterocycles. The van der Waals surface area contributed by atoms with Crippen molar-refractivity contribution in [3.05, 3.63) is 145 Å². The van der Waals surface area contributed by atoms with Gasteiger partial charge in [-0.2, -0.15) is 6.67 Å². The minimum Gasteiger partial charge on any atom is -0.656 e. The molecule has 306 valence electrons. The first-order chi connectivity index (χ1) is 30.2. The number of hydrogen-bond acceptors (Lipinski definition) is 10. The molecule has 0 spiro atoms. The number of aromatic nitrogens is 4. The van der Waals surface area contributed by atoms with Crippen LogP contribution in [0.15, 0.2) is 107 Å². The van der Waals surface area contributed by atoms with Crippen molar-refractivity contribution in [2.24, 2.45) is 0 Å². The number of anilines is 5. The average molecular weight is 993 g/mol. The van der Waals surface area contributed by atoms with Crippen LogP contribution in [-0.4, -0.2) is 42.3 Å². The predicted octanol–water partition coefficient (Wildman–Crippen LogP) is 11.0. The first kappa shape index (κ1) is 35.6. The van der Waals surface area contributed by atoms with Crippen molar-refractivity contribution in [2.45, 2.75) is 76.0 Å². The molecule has 2 aliphatic rings. The van der Waals surface area contributed by atoms with Crippen LogP contribution in [0.4, 0.5) is 40.2 Å². The number of rotatable bonds is 9. The summed E-state index contributed by atoms with van der Waals surface area (Å²) < 4.78 is 73.6. The van der Waals surface area contributed by atoms with E-state index in [0.717, 1.165) is 20.9 Å². The molecule has 6 aromatic rings. The van der Waals surface area contributed by atoms with E-state index in [0.29, 0.717) is 40.2 Å². The topological polar surface area (TPSA) is 122 Å². The number of fused-ring (bicyclic) bond motifs is 3. The van der Waals surface area contributed by atoms with Gasteiger partial charge < -0.3 is 25.3 Å². The maximum Gasteiger partial charge on any atom is 4.00 e. The maximum atomic E-state index is 12.2. The third-order valence-corrected chi connectivity index (χ3v) is 11.7. The van der Waals surface area contributed by atoms with Crippen LogP contribution in [0.1, 0.15) is 89.9 Å². The van der Waals surface area contributed by atoms with Crippen molar-refractivity contribution >= 4 is 50.0 Å². The van der Waals surface area contributed by atoms with E-state index in [-0.39, 0.29) is 54.3 Å². The van der Waals surface area contributed by atoms with Gasteiger partial charge in [0.2, 0.25) is 9.84 Å². The van der Waals surface area contributed by atoms with Crippen molar-refractivity contribution in [3.63, 3.8) is 0 Å². The first-order valence-electron chi connectivity index (χ1n) is 22.0. The van der Waals surface area contributed by atoms with Gasteiger partial charge in [0.05, 0.1) is 15.5 Å². The first-order valence-corrected chi connectivity index (χ1v) is 20.5. The van der Waals surface area contributed by atoms with Gasteiger partial charge in [-0.3, -0.25) is 4.98 Å². The van der Waals surface area contributed by atoms with Gasteiger partial charge >= 0.3 is 21.1 Å². The third-order valence-electron chi connectivity index (χ3n) is 9.87. The van der Waals surface area contributed by atoms with Gasteiger partial charge in [0.1, 0.15) is 17.5 Å². The van der Waals surface area contributed by atoms with E-state index in [4.69, 9.17) is 8.22 Å². The van der Waals surface area contributed by atoms with E-state index in [1.807, 2.05) is 12.1 Å². The molecule has 0 saturated heterocycles. The standard InChI is InChI=1S/C34H41N8.C12H8NO2S.Pt/c1-21(2)25-16-29(22(3)4)31(30(17-25)23(5)6)26-14-27(39-19-40(8)32-24(7)35-10-11-36-32)18-28(15-26)42-20-41(9)33-34(42)38-13-12-37-33;14-16(15)11-7-3-1-5-9(11)13-10-6-2-4-8-12(10)16;/h10-17,19-23,39H,1-9H3;1-8H;/q-3;-1;+4/i8D3,9D3;;. The van der Waals surface area contributed by atoms with Gasteiger partial charge in [0.25, 0.3) is 0 Å². The Morgan fingerprint density at radius 1 is 0.814 bits per heavy atom. The Kier molecular flexibility index (Phi) is 10.8. The van der Waals surface area contributed by atoms with Gasteiger partial charge in [-0.05, 0) is 73.0 Å². The molecule has 1 N–H and O–H groups in total. The summed E-state index contributed by atoms with van der Waals surface area (Å²) in [6.07, 6.45) is 5.91. The summed E-state index contributed by atoms with van der Waals surface area (Å²) >= 11 is 0. The number of nitrogens with zero attached hydrogens (tertiary/aromatic N) is 8. The van der Waals surface area contributed by atoms with Gasteiger partial charge in [-0.1, -0.05) is 90.1 Å². The Labute approximate surface area is 372 Å².